The summed E-state index contributed by atoms with van der Waals surface area (Å²) >= 11 is 5.92. The van der Waals surface area contributed by atoms with Gasteiger partial charge < -0.3 is 9.84 Å². The van der Waals surface area contributed by atoms with Crippen LogP contribution >= 0.6 is 11.6 Å². The molecule has 1 saturated heterocycles. The van der Waals surface area contributed by atoms with Gasteiger partial charge in [-0.05, 0) is 55.8 Å². The molecule has 7 heteroatoms. The van der Waals surface area contributed by atoms with Gasteiger partial charge in [0, 0.05) is 23.0 Å². The third-order valence-electron chi connectivity index (χ3n) is 4.91. The van der Waals surface area contributed by atoms with E-state index in [0.29, 0.717) is 11.3 Å². The highest BCUT2D eigenvalue weighted by molar-refractivity contribution is 6.30. The molecule has 2 aromatic carbocycles. The highest BCUT2D eigenvalue weighted by Crippen LogP contribution is 2.28. The number of nitrogens with one attached hydrogen (secondary N) is 1. The van der Waals surface area contributed by atoms with Gasteiger partial charge in [-0.2, -0.15) is 5.10 Å². The Hall–Kier alpha value is -2.57. The number of rotatable bonds is 6. The van der Waals surface area contributed by atoms with Crippen molar-refractivity contribution in [3.63, 3.8) is 0 Å². The van der Waals surface area contributed by atoms with Crippen LogP contribution in [0.25, 0.3) is 0 Å². The number of phenols is 1. The molecule has 1 amide bonds. The lowest BCUT2D eigenvalue weighted by atomic mass is 9.96. The predicted octanol–water partition coefficient (Wildman–Crippen LogP) is 3.42. The number of hydrazone groups is 1. The van der Waals surface area contributed by atoms with Crippen LogP contribution in [0.3, 0.4) is 0 Å². The number of amides is 1. The van der Waals surface area contributed by atoms with Gasteiger partial charge in [0.2, 0.25) is 5.91 Å². The molecule has 0 unspecified atom stereocenters. The van der Waals surface area contributed by atoms with Crippen LogP contribution in [0.15, 0.2) is 47.6 Å². The number of carbonyl (C=O) groups excluding carboxylic acids is 1. The van der Waals surface area contributed by atoms with Gasteiger partial charge in [-0.15, -0.1) is 0 Å². The molecule has 1 aliphatic heterocycles. The average Bonchev–Trinajstić information content (AvgIpc) is 2.71. The Bertz CT molecular complexity index is 831. The summed E-state index contributed by atoms with van der Waals surface area (Å²) in [6, 6.07) is 13.0. The second-order valence-electron chi connectivity index (χ2n) is 6.81. The maximum absolute atomic E-state index is 12.4. The quantitative estimate of drug-likeness (QED) is 0.574. The zero-order valence-electron chi connectivity index (χ0n) is 15.8. The summed E-state index contributed by atoms with van der Waals surface area (Å²) in [6.07, 6.45) is 3.00. The fourth-order valence-electron chi connectivity index (χ4n) is 3.27. The summed E-state index contributed by atoms with van der Waals surface area (Å²) < 4.78 is 5.06. The van der Waals surface area contributed by atoms with Crippen molar-refractivity contribution in [2.75, 3.05) is 20.2 Å². The van der Waals surface area contributed by atoms with E-state index in [2.05, 4.69) is 15.4 Å². The van der Waals surface area contributed by atoms with Crippen molar-refractivity contribution in [1.82, 2.24) is 10.3 Å². The van der Waals surface area contributed by atoms with E-state index in [4.69, 9.17) is 16.3 Å². The lowest BCUT2D eigenvalue weighted by molar-refractivity contribution is -0.126. The summed E-state index contributed by atoms with van der Waals surface area (Å²) in [5.41, 5.74) is 4.28. The Morgan fingerprint density at radius 1 is 1.29 bits per heavy atom. The fourth-order valence-corrected chi connectivity index (χ4v) is 3.39. The number of methoxy groups -OCH3 is 1. The lowest BCUT2D eigenvalue weighted by Gasteiger charge is -2.30. The zero-order chi connectivity index (χ0) is 19.9. The van der Waals surface area contributed by atoms with Crippen LogP contribution in [0.4, 0.5) is 0 Å². The molecule has 0 spiro atoms. The highest BCUT2D eigenvalue weighted by atomic mass is 35.5. The Morgan fingerprint density at radius 2 is 2.00 bits per heavy atom. The highest BCUT2D eigenvalue weighted by Gasteiger charge is 2.24. The van der Waals surface area contributed by atoms with E-state index in [-0.39, 0.29) is 17.6 Å². The Kier molecular flexibility index (Phi) is 6.90. The molecule has 1 aliphatic rings. The molecule has 0 bridgehead atoms. The van der Waals surface area contributed by atoms with E-state index < -0.39 is 0 Å². The summed E-state index contributed by atoms with van der Waals surface area (Å²) in [5.74, 6) is 0.212. The molecule has 1 fully saturated rings. The number of phenolic OH excluding ortho intramolecular Hbond substituents is 1. The zero-order valence-corrected chi connectivity index (χ0v) is 16.5. The van der Waals surface area contributed by atoms with Crippen molar-refractivity contribution in [1.29, 1.82) is 0 Å². The smallest absolute Gasteiger partial charge is 0.243 e. The number of hydrogen-bond donors (Lipinski definition) is 2. The van der Waals surface area contributed by atoms with Crippen LogP contribution in [0, 0.1) is 5.92 Å². The monoisotopic (exact) mass is 401 g/mol. The number of benzene rings is 2. The topological polar surface area (TPSA) is 74.2 Å². The summed E-state index contributed by atoms with van der Waals surface area (Å²) in [5, 5.41) is 14.7. The third-order valence-corrected chi connectivity index (χ3v) is 5.16. The van der Waals surface area contributed by atoms with Crippen LogP contribution in [0.1, 0.15) is 24.0 Å². The van der Waals surface area contributed by atoms with Crippen molar-refractivity contribution in [3.05, 3.63) is 58.6 Å². The van der Waals surface area contributed by atoms with Crippen molar-refractivity contribution < 1.29 is 14.6 Å². The van der Waals surface area contributed by atoms with E-state index in [1.165, 1.54) is 18.9 Å². The van der Waals surface area contributed by atoms with Crippen LogP contribution in [-0.4, -0.2) is 42.3 Å². The van der Waals surface area contributed by atoms with Gasteiger partial charge in [0.25, 0.3) is 0 Å². The minimum Gasteiger partial charge on any atom is -0.504 e. The van der Waals surface area contributed by atoms with Crippen molar-refractivity contribution >= 4 is 23.7 Å². The normalized spacial score (nSPS) is 15.6. The minimum atomic E-state index is -0.0928. The largest absolute Gasteiger partial charge is 0.504 e. The van der Waals surface area contributed by atoms with Gasteiger partial charge in [0.15, 0.2) is 11.5 Å². The molecule has 0 atom stereocenters. The van der Waals surface area contributed by atoms with E-state index in [1.54, 1.807) is 18.2 Å². The number of halogens is 1. The van der Waals surface area contributed by atoms with Crippen molar-refractivity contribution in [2.45, 2.75) is 19.4 Å². The molecule has 0 aromatic heterocycles. The third kappa shape index (κ3) is 5.24. The second kappa shape index (κ2) is 9.57. The van der Waals surface area contributed by atoms with Gasteiger partial charge in [-0.1, -0.05) is 29.8 Å². The Balaban J connectivity index is 1.47. The van der Waals surface area contributed by atoms with Gasteiger partial charge >= 0.3 is 0 Å². The average molecular weight is 402 g/mol. The molecular formula is C21H24ClN3O3. The van der Waals surface area contributed by atoms with Crippen LogP contribution in [0.2, 0.25) is 5.02 Å². The SMILES string of the molecule is COc1cccc(/C=N/NC(=O)C2CCN(Cc3ccc(Cl)cc3)CC2)c1O. The number of nitrogens with zero attached hydrogens (tertiary/aromatic N) is 2. The molecule has 2 N–H and O–H groups in total. The van der Waals surface area contributed by atoms with Crippen molar-refractivity contribution in [2.24, 2.45) is 11.0 Å². The fraction of sp³-hybridized carbons (Fsp3) is 0.333. The Labute approximate surface area is 169 Å². The molecular weight excluding hydrogens is 378 g/mol. The molecule has 2 aromatic rings. The number of piperidine rings is 1. The maximum Gasteiger partial charge on any atom is 0.243 e. The molecule has 148 valence electrons. The molecule has 0 aliphatic carbocycles. The molecule has 3 rings (SSSR count). The predicted molar refractivity (Wildman–Crippen MR) is 110 cm³/mol. The second-order valence-corrected chi connectivity index (χ2v) is 7.25. The minimum absolute atomic E-state index is 0.00138. The summed E-state index contributed by atoms with van der Waals surface area (Å²) in [7, 11) is 1.48. The summed E-state index contributed by atoms with van der Waals surface area (Å²) in [6.45, 7) is 2.58. The molecule has 6 nitrogen and oxygen atoms in total. The number of para-hydroxylation sites is 1. The first kappa shape index (κ1) is 20.2. The number of likely N-dealkylation sites (tertiary alicyclic amines) is 1. The van der Waals surface area contributed by atoms with Gasteiger partial charge in [-0.3, -0.25) is 9.69 Å². The van der Waals surface area contributed by atoms with Crippen LogP contribution in [0.5, 0.6) is 11.5 Å². The first-order valence-corrected chi connectivity index (χ1v) is 9.60. The van der Waals surface area contributed by atoms with Crippen molar-refractivity contribution in [3.8, 4) is 11.5 Å². The van der Waals surface area contributed by atoms with Gasteiger partial charge in [0.1, 0.15) is 0 Å². The molecule has 0 radical (unpaired) electrons. The Morgan fingerprint density at radius 3 is 2.68 bits per heavy atom. The molecule has 1 heterocycles. The van der Waals surface area contributed by atoms with E-state index >= 15 is 0 Å². The molecule has 28 heavy (non-hydrogen) atoms. The first-order valence-electron chi connectivity index (χ1n) is 9.22. The summed E-state index contributed by atoms with van der Waals surface area (Å²) in [4.78, 5) is 14.7. The number of hydrogen-bond acceptors (Lipinski definition) is 5. The van der Waals surface area contributed by atoms with E-state index in [9.17, 15) is 9.90 Å². The molecule has 0 saturated carbocycles. The maximum atomic E-state index is 12.4. The first-order chi connectivity index (χ1) is 13.6. The number of ether oxygens (including phenoxy) is 1. The van der Waals surface area contributed by atoms with Gasteiger partial charge in [-0.25, -0.2) is 5.43 Å². The van der Waals surface area contributed by atoms with E-state index in [1.807, 2.05) is 24.3 Å². The van der Waals surface area contributed by atoms with E-state index in [0.717, 1.165) is 37.5 Å². The van der Waals surface area contributed by atoms with Crippen LogP contribution < -0.4 is 10.2 Å². The van der Waals surface area contributed by atoms with Crippen LogP contribution in [-0.2, 0) is 11.3 Å². The number of carbonyl (C=O) groups is 1. The van der Waals surface area contributed by atoms with Gasteiger partial charge in [0.05, 0.1) is 13.3 Å². The standard InChI is InChI=1S/C21H24ClN3O3/c1-28-19-4-2-3-17(20(19)26)13-23-24-21(27)16-9-11-25(12-10-16)14-15-5-7-18(22)8-6-15/h2-8,13,16,26H,9-12,14H2,1H3,(H,24,27)/b23-13+. The lowest BCUT2D eigenvalue weighted by Crippen LogP contribution is -2.39. The number of aromatic hydroxyl groups is 1.